The highest BCUT2D eigenvalue weighted by Gasteiger charge is 2.29. The molecule has 2 aliphatic heterocycles. The molecule has 8 nitrogen and oxygen atoms in total. The SMILES string of the molecule is CC(C)n1nc2c(n1)C(N1CCN[C@@H](CCc3ccccc3)C1)=Nc1ccccc1N2.Cl.Cl.O. The van der Waals surface area contributed by atoms with Gasteiger partial charge in [-0.15, -0.1) is 35.0 Å². The Labute approximate surface area is 213 Å². The third-order valence-electron chi connectivity index (χ3n) is 5.87. The lowest BCUT2D eigenvalue weighted by molar-refractivity contribution is 0.281. The van der Waals surface area contributed by atoms with Gasteiger partial charge in [0, 0.05) is 25.7 Å². The molecule has 5 rings (SSSR count). The number of nitrogens with zero attached hydrogens (tertiary/aromatic N) is 5. The molecule has 0 unspecified atom stereocenters. The minimum atomic E-state index is 0. The van der Waals surface area contributed by atoms with E-state index in [9.17, 15) is 0 Å². The predicted molar refractivity (Wildman–Crippen MR) is 143 cm³/mol. The molecule has 10 heteroatoms. The van der Waals surface area contributed by atoms with Crippen molar-refractivity contribution in [2.75, 3.05) is 25.0 Å². The normalized spacial score (nSPS) is 16.5. The largest absolute Gasteiger partial charge is 0.412 e. The van der Waals surface area contributed by atoms with Crippen LogP contribution in [0.3, 0.4) is 0 Å². The molecule has 0 radical (unpaired) electrons. The van der Waals surface area contributed by atoms with E-state index in [1.165, 1.54) is 5.56 Å². The van der Waals surface area contributed by atoms with Gasteiger partial charge in [-0.25, -0.2) is 4.99 Å². The van der Waals surface area contributed by atoms with Crippen LogP contribution in [0.15, 0.2) is 59.6 Å². The number of anilines is 2. The topological polar surface area (TPSA) is 102 Å². The van der Waals surface area contributed by atoms with Gasteiger partial charge in [0.05, 0.1) is 17.4 Å². The van der Waals surface area contributed by atoms with Crippen molar-refractivity contribution in [1.29, 1.82) is 0 Å². The fourth-order valence-electron chi connectivity index (χ4n) is 4.18. The quantitative estimate of drug-likeness (QED) is 0.559. The highest BCUT2D eigenvalue weighted by atomic mass is 35.5. The van der Waals surface area contributed by atoms with Gasteiger partial charge in [-0.3, -0.25) is 0 Å². The van der Waals surface area contributed by atoms with Crippen molar-refractivity contribution in [2.24, 2.45) is 4.99 Å². The molecule has 1 saturated heterocycles. The van der Waals surface area contributed by atoms with Crippen molar-refractivity contribution in [3.63, 3.8) is 0 Å². The minimum Gasteiger partial charge on any atom is -0.412 e. The van der Waals surface area contributed by atoms with E-state index in [0.717, 1.165) is 61.2 Å². The highest BCUT2D eigenvalue weighted by Crippen LogP contribution is 2.33. The summed E-state index contributed by atoms with van der Waals surface area (Å²) in [6.45, 7) is 6.92. The third kappa shape index (κ3) is 5.88. The van der Waals surface area contributed by atoms with Crippen LogP contribution in [0.4, 0.5) is 17.2 Å². The minimum absolute atomic E-state index is 0. The van der Waals surface area contributed by atoms with Gasteiger partial charge in [0.2, 0.25) is 0 Å². The Morgan fingerprint density at radius 3 is 2.50 bits per heavy atom. The molecule has 0 aliphatic carbocycles. The fraction of sp³-hybridized carbons (Fsp3) is 0.375. The van der Waals surface area contributed by atoms with E-state index < -0.39 is 0 Å². The molecule has 184 valence electrons. The zero-order chi connectivity index (χ0) is 21.2. The molecule has 0 saturated carbocycles. The summed E-state index contributed by atoms with van der Waals surface area (Å²) in [7, 11) is 0. The lowest BCUT2D eigenvalue weighted by Crippen LogP contribution is -2.53. The summed E-state index contributed by atoms with van der Waals surface area (Å²) in [5, 5.41) is 16.7. The molecular formula is C24H33Cl2N7O. The van der Waals surface area contributed by atoms with Crippen molar-refractivity contribution in [3.05, 3.63) is 65.9 Å². The summed E-state index contributed by atoms with van der Waals surface area (Å²) in [4.78, 5) is 9.21. The third-order valence-corrected chi connectivity index (χ3v) is 5.87. The summed E-state index contributed by atoms with van der Waals surface area (Å²) in [5.74, 6) is 1.68. The second-order valence-electron chi connectivity index (χ2n) is 8.51. The zero-order valence-corrected chi connectivity index (χ0v) is 21.1. The van der Waals surface area contributed by atoms with Crippen LogP contribution in [-0.4, -0.2) is 56.9 Å². The number of para-hydroxylation sites is 2. The number of amidine groups is 1. The van der Waals surface area contributed by atoms with Crippen LogP contribution in [0.25, 0.3) is 0 Å². The Hall–Kier alpha value is -2.65. The highest BCUT2D eigenvalue weighted by molar-refractivity contribution is 6.05. The number of benzene rings is 2. The first-order valence-corrected chi connectivity index (χ1v) is 11.1. The van der Waals surface area contributed by atoms with Crippen molar-refractivity contribution in [3.8, 4) is 0 Å². The number of rotatable bonds is 4. The van der Waals surface area contributed by atoms with Gasteiger partial charge in [0.1, 0.15) is 0 Å². The van der Waals surface area contributed by atoms with E-state index in [-0.39, 0.29) is 36.3 Å². The number of aromatic nitrogens is 3. The monoisotopic (exact) mass is 505 g/mol. The van der Waals surface area contributed by atoms with Crippen molar-refractivity contribution in [2.45, 2.75) is 38.8 Å². The van der Waals surface area contributed by atoms with Gasteiger partial charge >= 0.3 is 0 Å². The number of halogens is 2. The number of piperazine rings is 1. The summed E-state index contributed by atoms with van der Waals surface area (Å²) in [6, 6.07) is 19.4. The van der Waals surface area contributed by atoms with Gasteiger partial charge in [0.15, 0.2) is 17.3 Å². The first kappa shape index (κ1) is 27.6. The maximum Gasteiger partial charge on any atom is 0.184 e. The summed E-state index contributed by atoms with van der Waals surface area (Å²) in [6.07, 6.45) is 2.16. The second kappa shape index (κ2) is 12.2. The van der Waals surface area contributed by atoms with E-state index in [4.69, 9.17) is 15.2 Å². The van der Waals surface area contributed by atoms with Gasteiger partial charge in [0.25, 0.3) is 0 Å². The smallest absolute Gasteiger partial charge is 0.184 e. The van der Waals surface area contributed by atoms with Gasteiger partial charge in [-0.05, 0) is 44.4 Å². The molecule has 34 heavy (non-hydrogen) atoms. The summed E-state index contributed by atoms with van der Waals surface area (Å²) < 4.78 is 0. The van der Waals surface area contributed by atoms with Crippen molar-refractivity contribution < 1.29 is 5.48 Å². The molecule has 1 fully saturated rings. The van der Waals surface area contributed by atoms with Crippen LogP contribution in [-0.2, 0) is 6.42 Å². The molecule has 0 bridgehead atoms. The average molecular weight is 506 g/mol. The van der Waals surface area contributed by atoms with Crippen LogP contribution in [0.5, 0.6) is 0 Å². The maximum atomic E-state index is 5.07. The zero-order valence-electron chi connectivity index (χ0n) is 19.4. The Bertz CT molecular complexity index is 1090. The molecule has 3 aromatic rings. The predicted octanol–water partition coefficient (Wildman–Crippen LogP) is 3.92. The number of hydrogen-bond donors (Lipinski definition) is 2. The lowest BCUT2D eigenvalue weighted by Gasteiger charge is -2.35. The second-order valence-corrected chi connectivity index (χ2v) is 8.51. The summed E-state index contributed by atoms with van der Waals surface area (Å²) in [5.41, 5.74) is 4.10. The van der Waals surface area contributed by atoms with E-state index in [2.05, 4.69) is 59.7 Å². The molecule has 0 amide bonds. The first-order chi connectivity index (χ1) is 15.2. The van der Waals surface area contributed by atoms with Crippen LogP contribution < -0.4 is 10.6 Å². The molecule has 4 N–H and O–H groups in total. The van der Waals surface area contributed by atoms with Crippen LogP contribution in [0.1, 0.15) is 37.6 Å². The van der Waals surface area contributed by atoms with Crippen LogP contribution in [0, 0.1) is 0 Å². The molecule has 1 atom stereocenters. The summed E-state index contributed by atoms with van der Waals surface area (Å²) >= 11 is 0. The molecule has 1 aromatic heterocycles. The molecular weight excluding hydrogens is 473 g/mol. The Morgan fingerprint density at radius 2 is 1.74 bits per heavy atom. The van der Waals surface area contributed by atoms with E-state index >= 15 is 0 Å². The van der Waals surface area contributed by atoms with Crippen molar-refractivity contribution in [1.82, 2.24) is 25.2 Å². The molecule has 3 heterocycles. The number of hydrogen-bond acceptors (Lipinski definition) is 6. The van der Waals surface area contributed by atoms with Crippen LogP contribution >= 0.6 is 24.8 Å². The number of aryl methyl sites for hydroxylation is 1. The Morgan fingerprint density at radius 1 is 1.00 bits per heavy atom. The van der Waals surface area contributed by atoms with E-state index in [1.807, 2.05) is 24.3 Å². The van der Waals surface area contributed by atoms with Gasteiger partial charge in [-0.1, -0.05) is 42.5 Å². The number of aliphatic imine (C=N–C) groups is 1. The number of fused-ring (bicyclic) bond motifs is 2. The number of nitrogens with one attached hydrogen (secondary N) is 2. The Kier molecular flexibility index (Phi) is 9.88. The van der Waals surface area contributed by atoms with E-state index in [1.54, 1.807) is 4.80 Å². The Balaban J connectivity index is 0.00000136. The first-order valence-electron chi connectivity index (χ1n) is 11.1. The standard InChI is InChI=1S/C24H29N7.2ClH.H2O/c1-17(2)31-28-22-23(29-31)26-20-10-6-7-11-21(20)27-24(22)30-15-14-25-19(16-30)13-12-18-8-4-3-5-9-18;;;/h3-11,17,19,25H,12-16H2,1-2H3,(H,26,29);2*1H;1H2/t19-;;;/m0.../s1. The molecule has 2 aromatic carbocycles. The van der Waals surface area contributed by atoms with Gasteiger partial charge < -0.3 is 21.0 Å². The average Bonchev–Trinajstić information content (AvgIpc) is 3.15. The van der Waals surface area contributed by atoms with Crippen LogP contribution in [0.2, 0.25) is 0 Å². The lowest BCUT2D eigenvalue weighted by atomic mass is 10.0. The molecule has 0 spiro atoms. The fourth-order valence-corrected chi connectivity index (χ4v) is 4.18. The van der Waals surface area contributed by atoms with E-state index in [0.29, 0.717) is 6.04 Å². The maximum absolute atomic E-state index is 5.07. The van der Waals surface area contributed by atoms with Crippen molar-refractivity contribution >= 4 is 47.8 Å². The van der Waals surface area contributed by atoms with Gasteiger partial charge in [-0.2, -0.15) is 4.80 Å². The molecule has 2 aliphatic rings.